The Kier molecular flexibility index (Phi) is 5.88. The predicted molar refractivity (Wildman–Crippen MR) is 84.5 cm³/mol. The molecule has 0 saturated carbocycles. The standard InChI is InChI=1S/C16H17ClF3N3O/c1-22(10-14-21-7-8-23(14)11-16(18,19)20)15(24)6-5-12-3-2-4-13(17)9-12/h2-4,7-9H,5-6,10-11H2,1H3. The molecule has 0 atom stereocenters. The van der Waals surface area contributed by atoms with Crippen LogP contribution in [0.25, 0.3) is 0 Å². The molecule has 1 amide bonds. The molecule has 1 heterocycles. The Morgan fingerprint density at radius 3 is 2.79 bits per heavy atom. The van der Waals surface area contributed by atoms with Crippen LogP contribution in [0.2, 0.25) is 5.02 Å². The van der Waals surface area contributed by atoms with Gasteiger partial charge in [0.05, 0.1) is 6.54 Å². The quantitative estimate of drug-likeness (QED) is 0.789. The van der Waals surface area contributed by atoms with E-state index < -0.39 is 12.7 Å². The lowest BCUT2D eigenvalue weighted by Crippen LogP contribution is -2.29. The third-order valence-corrected chi connectivity index (χ3v) is 3.71. The first-order valence-corrected chi connectivity index (χ1v) is 7.67. The van der Waals surface area contributed by atoms with Crippen molar-refractivity contribution in [2.24, 2.45) is 0 Å². The SMILES string of the molecule is CN(Cc1nccn1CC(F)(F)F)C(=O)CCc1cccc(Cl)c1. The molecule has 0 aliphatic heterocycles. The molecule has 130 valence electrons. The minimum Gasteiger partial charge on any atom is -0.338 e. The Hall–Kier alpha value is -2.02. The number of benzene rings is 1. The number of nitrogens with zero attached hydrogens (tertiary/aromatic N) is 3. The minimum absolute atomic E-state index is 0.0253. The number of aromatic nitrogens is 2. The van der Waals surface area contributed by atoms with Crippen LogP contribution in [0.1, 0.15) is 17.8 Å². The second kappa shape index (κ2) is 7.70. The highest BCUT2D eigenvalue weighted by Gasteiger charge is 2.29. The molecule has 1 aromatic heterocycles. The van der Waals surface area contributed by atoms with Crippen LogP contribution < -0.4 is 0 Å². The summed E-state index contributed by atoms with van der Waals surface area (Å²) < 4.78 is 38.5. The predicted octanol–water partition coefficient (Wildman–Crippen LogP) is 3.69. The zero-order valence-electron chi connectivity index (χ0n) is 13.1. The fourth-order valence-corrected chi connectivity index (χ4v) is 2.48. The van der Waals surface area contributed by atoms with Crippen molar-refractivity contribution >= 4 is 17.5 Å². The molecule has 0 unspecified atom stereocenters. The Morgan fingerprint density at radius 1 is 1.38 bits per heavy atom. The number of hydrogen-bond acceptors (Lipinski definition) is 2. The fraction of sp³-hybridized carbons (Fsp3) is 0.375. The average molecular weight is 360 g/mol. The topological polar surface area (TPSA) is 38.1 Å². The summed E-state index contributed by atoms with van der Waals surface area (Å²) in [6.07, 6.45) is -1.01. The number of amides is 1. The summed E-state index contributed by atoms with van der Waals surface area (Å²) in [6, 6.07) is 7.21. The summed E-state index contributed by atoms with van der Waals surface area (Å²) in [4.78, 5) is 17.4. The van der Waals surface area contributed by atoms with Crippen LogP contribution in [0, 0.1) is 0 Å². The molecular formula is C16H17ClF3N3O. The van der Waals surface area contributed by atoms with Crippen molar-refractivity contribution in [2.45, 2.75) is 32.1 Å². The van der Waals surface area contributed by atoms with E-state index in [1.54, 1.807) is 25.2 Å². The smallest absolute Gasteiger partial charge is 0.338 e. The maximum atomic E-state index is 12.5. The molecule has 1 aromatic carbocycles. The van der Waals surface area contributed by atoms with Gasteiger partial charge in [-0.2, -0.15) is 13.2 Å². The molecule has 4 nitrogen and oxygen atoms in total. The van der Waals surface area contributed by atoms with E-state index in [1.165, 1.54) is 17.3 Å². The van der Waals surface area contributed by atoms with Gasteiger partial charge in [0.15, 0.2) is 0 Å². The lowest BCUT2D eigenvalue weighted by Gasteiger charge is -2.18. The summed E-state index contributed by atoms with van der Waals surface area (Å²) in [5, 5.41) is 0.600. The van der Waals surface area contributed by atoms with Crippen molar-refractivity contribution in [2.75, 3.05) is 7.05 Å². The minimum atomic E-state index is -4.33. The van der Waals surface area contributed by atoms with Crippen LogP contribution in [0.15, 0.2) is 36.7 Å². The molecule has 8 heteroatoms. The van der Waals surface area contributed by atoms with E-state index in [1.807, 2.05) is 6.07 Å². The number of carbonyl (C=O) groups is 1. The van der Waals surface area contributed by atoms with Gasteiger partial charge >= 0.3 is 6.18 Å². The van der Waals surface area contributed by atoms with E-state index in [2.05, 4.69) is 4.98 Å². The van der Waals surface area contributed by atoms with Gasteiger partial charge < -0.3 is 9.47 Å². The third kappa shape index (κ3) is 5.56. The Balaban J connectivity index is 1.91. The van der Waals surface area contributed by atoms with Crippen LogP contribution in [0.5, 0.6) is 0 Å². The van der Waals surface area contributed by atoms with Gasteiger partial charge in [-0.05, 0) is 24.1 Å². The summed E-state index contributed by atoms with van der Waals surface area (Å²) >= 11 is 5.89. The molecule has 0 bridgehead atoms. The van der Waals surface area contributed by atoms with Gasteiger partial charge in [0.2, 0.25) is 5.91 Å². The van der Waals surface area contributed by atoms with Crippen molar-refractivity contribution in [1.82, 2.24) is 14.5 Å². The zero-order valence-corrected chi connectivity index (χ0v) is 13.8. The number of carbonyl (C=O) groups excluding carboxylic acids is 1. The van der Waals surface area contributed by atoms with E-state index >= 15 is 0 Å². The van der Waals surface area contributed by atoms with Gasteiger partial charge in [-0.1, -0.05) is 23.7 Å². The molecule has 0 spiro atoms. The molecule has 0 aliphatic carbocycles. The van der Waals surface area contributed by atoms with Crippen LogP contribution in [-0.2, 0) is 24.3 Å². The number of alkyl halides is 3. The fourth-order valence-electron chi connectivity index (χ4n) is 2.26. The Labute approximate surface area is 142 Å². The average Bonchev–Trinajstić information content (AvgIpc) is 2.89. The van der Waals surface area contributed by atoms with Crippen LogP contribution in [0.4, 0.5) is 13.2 Å². The molecular weight excluding hydrogens is 343 g/mol. The molecule has 0 radical (unpaired) electrons. The molecule has 2 aromatic rings. The highest BCUT2D eigenvalue weighted by molar-refractivity contribution is 6.30. The summed E-state index contributed by atoms with van der Waals surface area (Å²) in [7, 11) is 1.55. The van der Waals surface area contributed by atoms with Crippen LogP contribution in [-0.4, -0.2) is 33.6 Å². The normalized spacial score (nSPS) is 11.5. The lowest BCUT2D eigenvalue weighted by molar-refractivity contribution is -0.141. The van der Waals surface area contributed by atoms with Crippen LogP contribution >= 0.6 is 11.6 Å². The molecule has 0 saturated heterocycles. The van der Waals surface area contributed by atoms with Crippen LogP contribution in [0.3, 0.4) is 0 Å². The number of halogens is 4. The number of aryl methyl sites for hydroxylation is 1. The monoisotopic (exact) mass is 359 g/mol. The first-order valence-electron chi connectivity index (χ1n) is 7.30. The second-order valence-corrected chi connectivity index (χ2v) is 5.90. The van der Waals surface area contributed by atoms with Gasteiger partial charge in [0.25, 0.3) is 0 Å². The van der Waals surface area contributed by atoms with E-state index in [9.17, 15) is 18.0 Å². The Bertz CT molecular complexity index is 700. The van der Waals surface area contributed by atoms with E-state index in [4.69, 9.17) is 11.6 Å². The van der Waals surface area contributed by atoms with Gasteiger partial charge in [0, 0.05) is 30.9 Å². The van der Waals surface area contributed by atoms with E-state index in [0.717, 1.165) is 10.1 Å². The second-order valence-electron chi connectivity index (χ2n) is 5.47. The maximum Gasteiger partial charge on any atom is 0.406 e. The largest absolute Gasteiger partial charge is 0.406 e. The van der Waals surface area contributed by atoms with E-state index in [0.29, 0.717) is 11.4 Å². The third-order valence-electron chi connectivity index (χ3n) is 3.47. The summed E-state index contributed by atoms with van der Waals surface area (Å²) in [6.45, 7) is -1.09. The maximum absolute atomic E-state index is 12.5. The molecule has 0 N–H and O–H groups in total. The molecule has 0 aliphatic rings. The van der Waals surface area contributed by atoms with Crippen molar-refractivity contribution in [3.05, 3.63) is 53.1 Å². The lowest BCUT2D eigenvalue weighted by atomic mass is 10.1. The van der Waals surface area contributed by atoms with Crippen molar-refractivity contribution in [3.8, 4) is 0 Å². The molecule has 2 rings (SSSR count). The van der Waals surface area contributed by atoms with Gasteiger partial charge in [-0.15, -0.1) is 0 Å². The number of rotatable bonds is 6. The number of hydrogen-bond donors (Lipinski definition) is 0. The van der Waals surface area contributed by atoms with Crippen molar-refractivity contribution in [1.29, 1.82) is 0 Å². The highest BCUT2D eigenvalue weighted by Crippen LogP contribution is 2.19. The summed E-state index contributed by atoms with van der Waals surface area (Å²) in [5.41, 5.74) is 0.933. The number of imidazole rings is 1. The van der Waals surface area contributed by atoms with Crippen molar-refractivity contribution < 1.29 is 18.0 Å². The first kappa shape index (κ1) is 18.3. The van der Waals surface area contributed by atoms with Crippen molar-refractivity contribution in [3.63, 3.8) is 0 Å². The van der Waals surface area contributed by atoms with Gasteiger partial charge in [-0.3, -0.25) is 4.79 Å². The summed E-state index contributed by atoms with van der Waals surface area (Å²) in [5.74, 6) is 0.0301. The van der Waals surface area contributed by atoms with Gasteiger partial charge in [0.1, 0.15) is 12.4 Å². The van der Waals surface area contributed by atoms with E-state index in [-0.39, 0.29) is 24.7 Å². The highest BCUT2D eigenvalue weighted by atomic mass is 35.5. The zero-order chi connectivity index (χ0) is 17.7. The molecule has 24 heavy (non-hydrogen) atoms. The Morgan fingerprint density at radius 2 is 2.12 bits per heavy atom. The van der Waals surface area contributed by atoms with Gasteiger partial charge in [-0.25, -0.2) is 4.98 Å². The first-order chi connectivity index (χ1) is 11.2. The molecule has 0 fully saturated rings.